The second-order valence-corrected chi connectivity index (χ2v) is 3.29. The van der Waals surface area contributed by atoms with Gasteiger partial charge in [0.15, 0.2) is 0 Å². The molecule has 1 saturated heterocycles. The minimum absolute atomic E-state index is 0.814. The summed E-state index contributed by atoms with van der Waals surface area (Å²) in [6, 6.07) is 0. The largest absolute Gasteiger partial charge is 0.387 e. The Balaban J connectivity index is 2.41. The van der Waals surface area contributed by atoms with Crippen molar-refractivity contribution in [1.29, 1.82) is 0 Å². The first-order valence-electron chi connectivity index (χ1n) is 3.93. The monoisotopic (exact) mass is 123 g/mol. The van der Waals surface area contributed by atoms with Gasteiger partial charge in [0.25, 0.3) is 0 Å². The van der Waals surface area contributed by atoms with Crippen molar-refractivity contribution in [2.24, 2.45) is 0 Å². The number of nitrogens with zero attached hydrogens (tertiary/aromatic N) is 1. The van der Waals surface area contributed by atoms with Crippen LogP contribution in [0.2, 0.25) is 26.3 Å². The van der Waals surface area contributed by atoms with Crippen LogP contribution < -0.4 is 0 Å². The molecule has 0 N–H and O–H groups in total. The molecule has 0 spiro atoms. The smallest absolute Gasteiger partial charge is 0.208 e. The van der Waals surface area contributed by atoms with Crippen LogP contribution in [0.1, 0.15) is 6.42 Å². The maximum Gasteiger partial charge on any atom is 0.208 e. The molecule has 0 aromatic rings. The molecular weight excluding hydrogens is 108 g/mol. The van der Waals surface area contributed by atoms with Crippen LogP contribution >= 0.6 is 0 Å². The molecule has 50 valence electrons. The lowest BCUT2D eigenvalue weighted by molar-refractivity contribution is 0.737. The van der Waals surface area contributed by atoms with Crippen molar-refractivity contribution < 1.29 is 0 Å². The van der Waals surface area contributed by atoms with Gasteiger partial charge in [0.1, 0.15) is 0 Å². The molecule has 1 nitrogen and oxygen atoms in total. The molecule has 0 unspecified atom stereocenters. The molecule has 0 aromatic carbocycles. The predicted octanol–water partition coefficient (Wildman–Crippen LogP) is 1.56. The average Bonchev–Trinajstić information content (AvgIpc) is 1.83. The van der Waals surface area contributed by atoms with E-state index in [2.05, 4.69) is 25.4 Å². The summed E-state index contributed by atoms with van der Waals surface area (Å²) in [4.78, 5) is 0. The van der Waals surface area contributed by atoms with Crippen LogP contribution in [0, 0.1) is 0 Å². The first-order valence-corrected chi connectivity index (χ1v) is 3.93. The van der Waals surface area contributed by atoms with E-state index in [0.717, 1.165) is 13.7 Å². The van der Waals surface area contributed by atoms with Crippen LogP contribution in [0.25, 0.3) is 0 Å². The first-order chi connectivity index (χ1) is 4.22. The highest BCUT2D eigenvalue weighted by Crippen LogP contribution is 2.16. The molecule has 0 aromatic heterocycles. The number of rotatable bonds is 0. The third kappa shape index (κ3) is 1.51. The van der Waals surface area contributed by atoms with Gasteiger partial charge in [-0.15, -0.1) is 0 Å². The lowest BCUT2D eigenvalue weighted by atomic mass is 9.41. The van der Waals surface area contributed by atoms with Gasteiger partial charge in [-0.2, -0.15) is 0 Å². The summed E-state index contributed by atoms with van der Waals surface area (Å²) in [5, 5.41) is 0. The van der Waals surface area contributed by atoms with Crippen molar-refractivity contribution in [3.8, 4) is 0 Å². The van der Waals surface area contributed by atoms with E-state index in [4.69, 9.17) is 0 Å². The fraction of sp³-hybridized carbons (Fsp3) is 1.00. The molecule has 0 atom stereocenters. The highest BCUT2D eigenvalue weighted by atomic mass is 14.9. The van der Waals surface area contributed by atoms with Gasteiger partial charge < -0.3 is 4.72 Å². The quantitative estimate of drug-likeness (QED) is 0.441. The van der Waals surface area contributed by atoms with Crippen LogP contribution in [0.15, 0.2) is 0 Å². The predicted molar refractivity (Wildman–Crippen MR) is 45.2 cm³/mol. The number of hydrogen-bond acceptors (Lipinski definition) is 1. The van der Waals surface area contributed by atoms with Crippen molar-refractivity contribution in [3.63, 3.8) is 0 Å². The molecule has 1 heterocycles. The second kappa shape index (κ2) is 2.78. The Labute approximate surface area is 59.0 Å². The fourth-order valence-electron chi connectivity index (χ4n) is 1.55. The van der Waals surface area contributed by atoms with Crippen molar-refractivity contribution >= 4 is 13.7 Å². The normalized spacial score (nSPS) is 23.0. The molecule has 0 bridgehead atoms. The molecule has 1 aliphatic heterocycles. The minimum Gasteiger partial charge on any atom is -0.387 e. The minimum atomic E-state index is 0.814. The zero-order chi connectivity index (χ0) is 6.85. The Hall–Kier alpha value is 0.0899. The molecule has 0 aliphatic carbocycles. The van der Waals surface area contributed by atoms with Crippen LogP contribution in [-0.2, 0) is 0 Å². The summed E-state index contributed by atoms with van der Waals surface area (Å²) >= 11 is 0. The molecule has 1 fully saturated rings. The Bertz CT molecular complexity index is 87.1. The molecule has 0 saturated carbocycles. The highest BCUT2D eigenvalue weighted by molar-refractivity contribution is 6.72. The van der Waals surface area contributed by atoms with Crippen molar-refractivity contribution in [1.82, 2.24) is 4.72 Å². The zero-order valence-corrected chi connectivity index (χ0v) is 6.72. The molecule has 9 heavy (non-hydrogen) atoms. The summed E-state index contributed by atoms with van der Waals surface area (Å²) in [6.45, 7) is 6.26. The van der Waals surface area contributed by atoms with Crippen LogP contribution in [0.4, 0.5) is 0 Å². The van der Waals surface area contributed by atoms with Crippen molar-refractivity contribution in [2.45, 2.75) is 32.7 Å². The van der Waals surface area contributed by atoms with Crippen molar-refractivity contribution in [2.75, 3.05) is 7.05 Å². The average molecular weight is 123 g/mol. The molecular formula is C6H15B2N. The third-order valence-electron chi connectivity index (χ3n) is 2.63. The maximum absolute atomic E-state index is 2.48. The topological polar surface area (TPSA) is 3.24 Å². The van der Waals surface area contributed by atoms with Crippen LogP contribution in [-0.4, -0.2) is 25.5 Å². The van der Waals surface area contributed by atoms with Gasteiger partial charge in [0.2, 0.25) is 13.7 Å². The van der Waals surface area contributed by atoms with E-state index >= 15 is 0 Å². The fourth-order valence-corrected chi connectivity index (χ4v) is 1.55. The van der Waals surface area contributed by atoms with E-state index in [1.54, 1.807) is 0 Å². The molecule has 3 heteroatoms. The second-order valence-electron chi connectivity index (χ2n) is 3.29. The summed E-state index contributed by atoms with van der Waals surface area (Å²) in [5.41, 5.74) is 0. The molecule has 0 amide bonds. The van der Waals surface area contributed by atoms with Crippen molar-refractivity contribution in [3.05, 3.63) is 0 Å². The number of hydrogen-bond donors (Lipinski definition) is 0. The van der Waals surface area contributed by atoms with E-state index in [1.807, 2.05) is 0 Å². The third-order valence-corrected chi connectivity index (χ3v) is 2.63. The zero-order valence-electron chi connectivity index (χ0n) is 6.72. The van der Waals surface area contributed by atoms with Gasteiger partial charge in [0.05, 0.1) is 0 Å². The van der Waals surface area contributed by atoms with Gasteiger partial charge in [-0.3, -0.25) is 0 Å². The standard InChI is InChI=1S/C6H15B2N/c1-7-5-4-6-8(2)9(7)3/h4-6H2,1-3H3. The summed E-state index contributed by atoms with van der Waals surface area (Å²) in [7, 11) is 2.23. The van der Waals surface area contributed by atoms with Gasteiger partial charge in [-0.25, -0.2) is 0 Å². The van der Waals surface area contributed by atoms with Gasteiger partial charge in [-0.1, -0.05) is 32.7 Å². The van der Waals surface area contributed by atoms with Crippen LogP contribution in [0.5, 0.6) is 0 Å². The summed E-state index contributed by atoms with van der Waals surface area (Å²) in [6.07, 6.45) is 4.20. The Kier molecular flexibility index (Phi) is 2.23. The Morgan fingerprint density at radius 3 is 1.89 bits per heavy atom. The SMILES string of the molecule is CB1CCCB(C)N1C. The van der Waals surface area contributed by atoms with Gasteiger partial charge in [-0.05, 0) is 7.05 Å². The Morgan fingerprint density at radius 1 is 1.11 bits per heavy atom. The van der Waals surface area contributed by atoms with Gasteiger partial charge in [0, 0.05) is 0 Å². The summed E-state index contributed by atoms with van der Waals surface area (Å²) in [5.74, 6) is 0. The molecule has 1 aliphatic rings. The van der Waals surface area contributed by atoms with Gasteiger partial charge >= 0.3 is 0 Å². The van der Waals surface area contributed by atoms with E-state index in [1.165, 1.54) is 19.1 Å². The van der Waals surface area contributed by atoms with E-state index in [0.29, 0.717) is 0 Å². The highest BCUT2D eigenvalue weighted by Gasteiger charge is 2.25. The molecule has 1 rings (SSSR count). The van der Waals surface area contributed by atoms with E-state index in [-0.39, 0.29) is 0 Å². The molecule has 0 radical (unpaired) electrons. The lowest BCUT2D eigenvalue weighted by Gasteiger charge is -2.31. The summed E-state index contributed by atoms with van der Waals surface area (Å²) < 4.78 is 2.48. The van der Waals surface area contributed by atoms with Crippen LogP contribution in [0.3, 0.4) is 0 Å². The maximum atomic E-state index is 2.48. The first kappa shape index (κ1) is 7.20. The Morgan fingerprint density at radius 2 is 1.56 bits per heavy atom. The van der Waals surface area contributed by atoms with E-state index in [9.17, 15) is 0 Å². The lowest BCUT2D eigenvalue weighted by Crippen LogP contribution is -2.46. The van der Waals surface area contributed by atoms with E-state index < -0.39 is 0 Å².